The highest BCUT2D eigenvalue weighted by molar-refractivity contribution is 6.24. The van der Waals surface area contributed by atoms with E-state index in [1.807, 2.05) is 0 Å². The van der Waals surface area contributed by atoms with Crippen molar-refractivity contribution in [1.82, 2.24) is 19.1 Å². The lowest BCUT2D eigenvalue weighted by atomic mass is 9.78. The van der Waals surface area contributed by atoms with Crippen LogP contribution in [0.25, 0.3) is 93.6 Å². The van der Waals surface area contributed by atoms with Crippen LogP contribution in [0.15, 0.2) is 212 Å². The van der Waals surface area contributed by atoms with Gasteiger partial charge in [0.1, 0.15) is 0 Å². The summed E-state index contributed by atoms with van der Waals surface area (Å²) >= 11 is 0. The highest BCUT2D eigenvalue weighted by Crippen LogP contribution is 2.45. The molecule has 1 atom stereocenters. The molecule has 0 fully saturated rings. The molecule has 0 N–H and O–H groups in total. The van der Waals surface area contributed by atoms with Gasteiger partial charge in [-0.1, -0.05) is 170 Å². The van der Waals surface area contributed by atoms with Crippen molar-refractivity contribution in [3.63, 3.8) is 0 Å². The number of benzene rings is 9. The lowest BCUT2D eigenvalue weighted by molar-refractivity contribution is 0.814. The SMILES string of the molecule is C1=C(c2nc(-n3c4ccccc4c4c5ccccc5c(-c5ccc6c7ccccc7n(-c7ccccc7)c6c5)cc43)nc3ccccc23)c2ccccc2C(c2ccccc2)C1. The van der Waals surface area contributed by atoms with Crippen LogP contribution in [-0.4, -0.2) is 19.1 Å². The molecule has 3 heterocycles. The summed E-state index contributed by atoms with van der Waals surface area (Å²) < 4.78 is 4.70. The van der Waals surface area contributed by atoms with Gasteiger partial charge >= 0.3 is 0 Å². The molecule has 0 saturated carbocycles. The number of allylic oxidation sites excluding steroid dienone is 1. The minimum absolute atomic E-state index is 0.279. The van der Waals surface area contributed by atoms with Crippen LogP contribution in [0.1, 0.15) is 34.7 Å². The van der Waals surface area contributed by atoms with Crippen LogP contribution in [0, 0.1) is 0 Å². The minimum atomic E-state index is 0.279. The fraction of sp³-hybridized carbons (Fsp3) is 0.0345. The van der Waals surface area contributed by atoms with E-state index >= 15 is 0 Å². The van der Waals surface area contributed by atoms with E-state index < -0.39 is 0 Å². The Balaban J connectivity index is 1.07. The summed E-state index contributed by atoms with van der Waals surface area (Å²) in [6.07, 6.45) is 3.29. The van der Waals surface area contributed by atoms with E-state index in [9.17, 15) is 0 Å². The maximum absolute atomic E-state index is 5.64. The molecule has 62 heavy (non-hydrogen) atoms. The summed E-state index contributed by atoms with van der Waals surface area (Å²) in [5, 5.41) is 8.32. The Bertz CT molecular complexity index is 3780. The van der Waals surface area contributed by atoms with Crippen molar-refractivity contribution in [3.8, 4) is 22.8 Å². The fourth-order valence-electron chi connectivity index (χ4n) is 10.4. The molecule has 12 aromatic rings. The predicted octanol–water partition coefficient (Wildman–Crippen LogP) is 14.6. The lowest BCUT2D eigenvalue weighted by Gasteiger charge is -2.26. The van der Waals surface area contributed by atoms with E-state index in [2.05, 4.69) is 221 Å². The van der Waals surface area contributed by atoms with E-state index in [1.54, 1.807) is 0 Å². The van der Waals surface area contributed by atoms with Crippen molar-refractivity contribution in [2.24, 2.45) is 0 Å². The normalized spacial score (nSPS) is 14.0. The zero-order valence-corrected chi connectivity index (χ0v) is 33.8. The minimum Gasteiger partial charge on any atom is -0.309 e. The van der Waals surface area contributed by atoms with Gasteiger partial charge in [0, 0.05) is 44.1 Å². The molecule has 0 saturated heterocycles. The third-order valence-electron chi connectivity index (χ3n) is 13.1. The van der Waals surface area contributed by atoms with Crippen molar-refractivity contribution in [2.45, 2.75) is 12.3 Å². The average molecular weight is 791 g/mol. The third kappa shape index (κ3) is 5.20. The van der Waals surface area contributed by atoms with Gasteiger partial charge in [-0.2, -0.15) is 0 Å². The molecule has 0 amide bonds. The van der Waals surface area contributed by atoms with Gasteiger partial charge in [-0.15, -0.1) is 0 Å². The van der Waals surface area contributed by atoms with Gasteiger partial charge in [-0.05, 0) is 87.5 Å². The maximum atomic E-state index is 5.64. The highest BCUT2D eigenvalue weighted by atomic mass is 15.2. The highest BCUT2D eigenvalue weighted by Gasteiger charge is 2.27. The Kier molecular flexibility index (Phi) is 7.70. The molecule has 290 valence electrons. The predicted molar refractivity (Wildman–Crippen MR) is 258 cm³/mol. The number of fused-ring (bicyclic) bond motifs is 10. The zero-order valence-electron chi connectivity index (χ0n) is 33.8. The topological polar surface area (TPSA) is 35.6 Å². The van der Waals surface area contributed by atoms with Gasteiger partial charge in [-0.25, -0.2) is 9.97 Å². The van der Waals surface area contributed by atoms with Gasteiger partial charge in [0.15, 0.2) is 0 Å². The van der Waals surface area contributed by atoms with Crippen LogP contribution in [0.3, 0.4) is 0 Å². The van der Waals surface area contributed by atoms with Gasteiger partial charge in [0.05, 0.1) is 33.3 Å². The molecule has 0 bridgehead atoms. The van der Waals surface area contributed by atoms with Gasteiger partial charge < -0.3 is 4.57 Å². The first-order chi connectivity index (χ1) is 30.8. The fourth-order valence-corrected chi connectivity index (χ4v) is 10.4. The van der Waals surface area contributed by atoms with Gasteiger partial charge in [0.2, 0.25) is 5.95 Å². The Morgan fingerprint density at radius 2 is 1.05 bits per heavy atom. The van der Waals surface area contributed by atoms with Crippen molar-refractivity contribution in [3.05, 3.63) is 235 Å². The molecule has 0 spiro atoms. The first-order valence-corrected chi connectivity index (χ1v) is 21.4. The second-order valence-corrected chi connectivity index (χ2v) is 16.4. The standard InChI is InChI=1S/C58H38N4/c1-3-17-37(18-4-1)40-33-34-47(42-22-8-7-21-41(40)42)57-48-26-11-14-28-51(48)59-58(60-57)62-53-30-16-13-27-49(53)56-46-25-10-9-23-43(46)50(36-55(56)62)38-31-32-45-44-24-12-15-29-52(44)61(54(45)35-38)39-19-5-2-6-20-39/h1-32,34-36,40H,33H2. The molecule has 0 aliphatic heterocycles. The molecule has 0 radical (unpaired) electrons. The lowest BCUT2D eigenvalue weighted by Crippen LogP contribution is -2.11. The average Bonchev–Trinajstić information content (AvgIpc) is 3.86. The monoisotopic (exact) mass is 790 g/mol. The second kappa shape index (κ2) is 13.7. The molecule has 1 unspecified atom stereocenters. The number of hydrogen-bond acceptors (Lipinski definition) is 2. The quantitative estimate of drug-likeness (QED) is 0.174. The molecule has 1 aliphatic carbocycles. The van der Waals surface area contributed by atoms with E-state index in [1.165, 1.54) is 65.6 Å². The number of nitrogens with zero attached hydrogens (tertiary/aromatic N) is 4. The maximum Gasteiger partial charge on any atom is 0.235 e. The number of aromatic nitrogens is 4. The molecule has 13 rings (SSSR count). The van der Waals surface area contributed by atoms with Crippen LogP contribution < -0.4 is 0 Å². The van der Waals surface area contributed by atoms with E-state index in [0.29, 0.717) is 5.95 Å². The van der Waals surface area contributed by atoms with Crippen LogP contribution >= 0.6 is 0 Å². The Hall–Kier alpha value is -8.08. The Labute approximate surface area is 358 Å². The van der Waals surface area contributed by atoms with Crippen molar-refractivity contribution < 1.29 is 0 Å². The largest absolute Gasteiger partial charge is 0.309 e. The van der Waals surface area contributed by atoms with E-state index in [4.69, 9.17) is 9.97 Å². The van der Waals surface area contributed by atoms with Crippen molar-refractivity contribution in [2.75, 3.05) is 0 Å². The number of rotatable bonds is 5. The van der Waals surface area contributed by atoms with E-state index in [-0.39, 0.29) is 5.92 Å². The molecule has 4 nitrogen and oxygen atoms in total. The summed E-state index contributed by atoms with van der Waals surface area (Å²) in [6, 6.07) is 74.6. The van der Waals surface area contributed by atoms with Crippen LogP contribution in [0.4, 0.5) is 0 Å². The van der Waals surface area contributed by atoms with Crippen molar-refractivity contribution >= 4 is 70.9 Å². The smallest absolute Gasteiger partial charge is 0.235 e. The molecule has 9 aromatic carbocycles. The Morgan fingerprint density at radius 1 is 0.419 bits per heavy atom. The summed E-state index contributed by atoms with van der Waals surface area (Å²) in [5.41, 5.74) is 14.9. The third-order valence-corrected chi connectivity index (χ3v) is 13.1. The molecular formula is C58H38N4. The number of hydrogen-bond donors (Lipinski definition) is 0. The molecular weight excluding hydrogens is 753 g/mol. The van der Waals surface area contributed by atoms with Crippen LogP contribution in [0.2, 0.25) is 0 Å². The molecule has 3 aromatic heterocycles. The number of para-hydroxylation sites is 4. The summed E-state index contributed by atoms with van der Waals surface area (Å²) in [5.74, 6) is 0.940. The molecule has 4 heteroatoms. The van der Waals surface area contributed by atoms with Crippen molar-refractivity contribution in [1.29, 1.82) is 0 Å². The van der Waals surface area contributed by atoms with Crippen LogP contribution in [-0.2, 0) is 0 Å². The summed E-state index contributed by atoms with van der Waals surface area (Å²) in [6.45, 7) is 0. The van der Waals surface area contributed by atoms with Crippen LogP contribution in [0.5, 0.6) is 0 Å². The second-order valence-electron chi connectivity index (χ2n) is 16.4. The van der Waals surface area contributed by atoms with E-state index in [0.717, 1.165) is 50.9 Å². The first kappa shape index (κ1) is 34.8. The summed E-state index contributed by atoms with van der Waals surface area (Å²) in [7, 11) is 0. The zero-order chi connectivity index (χ0) is 40.7. The summed E-state index contributed by atoms with van der Waals surface area (Å²) in [4.78, 5) is 11.0. The molecule has 1 aliphatic rings. The van der Waals surface area contributed by atoms with Gasteiger partial charge in [0.25, 0.3) is 0 Å². The first-order valence-electron chi connectivity index (χ1n) is 21.4. The van der Waals surface area contributed by atoms with Gasteiger partial charge in [-0.3, -0.25) is 4.57 Å². The Morgan fingerprint density at radius 3 is 1.87 bits per heavy atom.